The molecule has 0 aliphatic heterocycles. The molecule has 0 unspecified atom stereocenters. The third-order valence-electron chi connectivity index (χ3n) is 2.88. The zero-order valence-corrected chi connectivity index (χ0v) is 11.0. The molecule has 0 aliphatic rings. The fraction of sp³-hybridized carbons (Fsp3) is 0.286. The normalized spacial score (nSPS) is 11.5. The van der Waals surface area contributed by atoms with Crippen molar-refractivity contribution in [3.63, 3.8) is 0 Å². The van der Waals surface area contributed by atoms with Crippen molar-refractivity contribution in [2.75, 3.05) is 0 Å². The van der Waals surface area contributed by atoms with E-state index in [1.807, 2.05) is 18.2 Å². The number of benzene rings is 1. The number of hydrogen-bond donors (Lipinski definition) is 0. The summed E-state index contributed by atoms with van der Waals surface area (Å²) in [6, 6.07) is 10.2. The van der Waals surface area contributed by atoms with E-state index in [1.165, 1.54) is 16.9 Å². The van der Waals surface area contributed by atoms with Gasteiger partial charge < -0.3 is 0 Å². The first kappa shape index (κ1) is 12.0. The van der Waals surface area contributed by atoms with Crippen molar-refractivity contribution < 1.29 is 4.79 Å². The van der Waals surface area contributed by atoms with Crippen LogP contribution in [0.4, 0.5) is 0 Å². The molecule has 0 atom stereocenters. The number of carbonyl (C=O) groups is 1. The molecule has 0 saturated carbocycles. The van der Waals surface area contributed by atoms with Gasteiger partial charge in [0.15, 0.2) is 5.78 Å². The van der Waals surface area contributed by atoms with Gasteiger partial charge in [-0.05, 0) is 19.4 Å². The molecule has 2 aromatic rings. The van der Waals surface area contributed by atoms with Crippen LogP contribution in [-0.2, 0) is 5.41 Å². The molecule has 3 heteroatoms. The van der Waals surface area contributed by atoms with Crippen LogP contribution in [0.5, 0.6) is 0 Å². The number of hydrogen-bond acceptors (Lipinski definition) is 3. The van der Waals surface area contributed by atoms with Crippen molar-refractivity contribution in [1.29, 1.82) is 0 Å². The Kier molecular flexibility index (Phi) is 3.11. The van der Waals surface area contributed by atoms with Gasteiger partial charge in [-0.1, -0.05) is 30.3 Å². The molecule has 17 heavy (non-hydrogen) atoms. The van der Waals surface area contributed by atoms with Crippen molar-refractivity contribution in [3.8, 4) is 0 Å². The second kappa shape index (κ2) is 4.41. The molecule has 88 valence electrons. The molecule has 0 saturated heterocycles. The Bertz CT molecular complexity index is 528. The van der Waals surface area contributed by atoms with E-state index < -0.39 is 0 Å². The van der Waals surface area contributed by atoms with Gasteiger partial charge in [-0.15, -0.1) is 11.3 Å². The fourth-order valence-corrected chi connectivity index (χ4v) is 2.64. The predicted octanol–water partition coefficient (Wildman–Crippen LogP) is 3.67. The number of rotatable bonds is 3. The van der Waals surface area contributed by atoms with E-state index in [2.05, 4.69) is 31.0 Å². The van der Waals surface area contributed by atoms with E-state index in [0.29, 0.717) is 0 Å². The van der Waals surface area contributed by atoms with Gasteiger partial charge in [0.25, 0.3) is 0 Å². The first-order valence-electron chi connectivity index (χ1n) is 5.54. The monoisotopic (exact) mass is 245 g/mol. The molecule has 0 amide bonds. The Morgan fingerprint density at radius 1 is 1.24 bits per heavy atom. The Balaban J connectivity index is 2.41. The van der Waals surface area contributed by atoms with Gasteiger partial charge in [0.1, 0.15) is 5.01 Å². The van der Waals surface area contributed by atoms with Gasteiger partial charge in [-0.25, -0.2) is 4.98 Å². The molecular weight excluding hydrogens is 230 g/mol. The third kappa shape index (κ3) is 2.29. The summed E-state index contributed by atoms with van der Waals surface area (Å²) in [5.41, 5.74) is 1.06. The van der Waals surface area contributed by atoms with E-state index in [1.54, 1.807) is 13.1 Å². The quantitative estimate of drug-likeness (QED) is 0.772. The smallest absolute Gasteiger partial charge is 0.171 e. The van der Waals surface area contributed by atoms with Crippen LogP contribution in [0.25, 0.3) is 0 Å². The number of carbonyl (C=O) groups excluding carboxylic acids is 1. The molecule has 0 N–H and O–H groups in total. The third-order valence-corrected chi connectivity index (χ3v) is 4.30. The van der Waals surface area contributed by atoms with Gasteiger partial charge in [0, 0.05) is 18.5 Å². The number of thiazole rings is 1. The van der Waals surface area contributed by atoms with Crippen molar-refractivity contribution in [1.82, 2.24) is 4.98 Å². The number of Topliss-reactive ketones (excluding diaryl/α,β-unsaturated/α-hetero) is 1. The van der Waals surface area contributed by atoms with E-state index in [4.69, 9.17) is 0 Å². The van der Waals surface area contributed by atoms with Crippen molar-refractivity contribution >= 4 is 17.1 Å². The summed E-state index contributed by atoms with van der Waals surface area (Å²) in [5.74, 6) is 0.0811. The van der Waals surface area contributed by atoms with E-state index in [-0.39, 0.29) is 11.2 Å². The Hall–Kier alpha value is -1.48. The van der Waals surface area contributed by atoms with E-state index >= 15 is 0 Å². The summed E-state index contributed by atoms with van der Waals surface area (Å²) < 4.78 is 0. The Morgan fingerprint density at radius 3 is 2.41 bits per heavy atom. The van der Waals surface area contributed by atoms with Crippen LogP contribution >= 0.6 is 11.3 Å². The molecule has 2 nitrogen and oxygen atoms in total. The highest BCUT2D eigenvalue weighted by Crippen LogP contribution is 2.33. The average molecular weight is 245 g/mol. The second-order valence-corrected chi connectivity index (χ2v) is 5.61. The van der Waals surface area contributed by atoms with Crippen LogP contribution in [0, 0.1) is 0 Å². The van der Waals surface area contributed by atoms with Crippen LogP contribution in [0.2, 0.25) is 0 Å². The highest BCUT2D eigenvalue weighted by Gasteiger charge is 2.26. The summed E-state index contributed by atoms with van der Waals surface area (Å²) >= 11 is 1.48. The van der Waals surface area contributed by atoms with Gasteiger partial charge >= 0.3 is 0 Å². The predicted molar refractivity (Wildman–Crippen MR) is 70.7 cm³/mol. The zero-order valence-electron chi connectivity index (χ0n) is 10.2. The molecule has 0 aliphatic carbocycles. The lowest BCUT2D eigenvalue weighted by atomic mass is 9.85. The molecule has 0 fully saturated rings. The standard InChI is InChI=1S/C14H15NOS/c1-10(16)12-9-15-13(17-12)14(2,3)11-7-5-4-6-8-11/h4-9H,1-3H3. The minimum Gasteiger partial charge on any atom is -0.294 e. The summed E-state index contributed by atoms with van der Waals surface area (Å²) in [5, 5.41) is 0.980. The molecule has 1 aromatic carbocycles. The number of ketones is 1. The van der Waals surface area contributed by atoms with Gasteiger partial charge in [0.2, 0.25) is 0 Å². The van der Waals surface area contributed by atoms with Gasteiger partial charge in [-0.3, -0.25) is 4.79 Å². The maximum absolute atomic E-state index is 11.3. The second-order valence-electron chi connectivity index (χ2n) is 4.58. The lowest BCUT2D eigenvalue weighted by molar-refractivity contribution is 0.102. The molecule has 1 heterocycles. The maximum atomic E-state index is 11.3. The maximum Gasteiger partial charge on any atom is 0.171 e. The van der Waals surface area contributed by atoms with Crippen LogP contribution in [0.15, 0.2) is 36.5 Å². The molecule has 2 rings (SSSR count). The number of aromatic nitrogens is 1. The molecular formula is C14H15NOS. The number of nitrogens with zero attached hydrogens (tertiary/aromatic N) is 1. The topological polar surface area (TPSA) is 30.0 Å². The zero-order chi connectivity index (χ0) is 12.5. The highest BCUT2D eigenvalue weighted by atomic mass is 32.1. The molecule has 0 spiro atoms. The van der Waals surface area contributed by atoms with Crippen LogP contribution < -0.4 is 0 Å². The molecule has 0 radical (unpaired) electrons. The van der Waals surface area contributed by atoms with Crippen LogP contribution in [-0.4, -0.2) is 10.8 Å². The van der Waals surface area contributed by atoms with Gasteiger partial charge in [0.05, 0.1) is 4.88 Å². The van der Waals surface area contributed by atoms with Crippen LogP contribution in [0.3, 0.4) is 0 Å². The van der Waals surface area contributed by atoms with E-state index in [9.17, 15) is 4.79 Å². The fourth-order valence-electron chi connectivity index (χ4n) is 1.70. The Labute approximate surface area is 105 Å². The highest BCUT2D eigenvalue weighted by molar-refractivity contribution is 7.13. The summed E-state index contributed by atoms with van der Waals surface area (Å²) in [6.07, 6.45) is 1.67. The first-order chi connectivity index (χ1) is 8.01. The minimum atomic E-state index is -0.153. The largest absolute Gasteiger partial charge is 0.294 e. The summed E-state index contributed by atoms with van der Waals surface area (Å²) in [6.45, 7) is 5.84. The van der Waals surface area contributed by atoms with Crippen molar-refractivity contribution in [3.05, 3.63) is 52.0 Å². The van der Waals surface area contributed by atoms with Gasteiger partial charge in [-0.2, -0.15) is 0 Å². The lowest BCUT2D eigenvalue weighted by Crippen LogP contribution is -2.18. The lowest BCUT2D eigenvalue weighted by Gasteiger charge is -2.22. The Morgan fingerprint density at radius 2 is 1.88 bits per heavy atom. The van der Waals surface area contributed by atoms with Crippen molar-refractivity contribution in [2.45, 2.75) is 26.2 Å². The van der Waals surface area contributed by atoms with Crippen LogP contribution in [0.1, 0.15) is 41.0 Å². The summed E-state index contributed by atoms with van der Waals surface area (Å²) in [4.78, 5) is 16.4. The molecule has 0 bridgehead atoms. The van der Waals surface area contributed by atoms with E-state index in [0.717, 1.165) is 9.88 Å². The first-order valence-corrected chi connectivity index (χ1v) is 6.36. The summed E-state index contributed by atoms with van der Waals surface area (Å²) in [7, 11) is 0. The SMILES string of the molecule is CC(=O)c1cnc(C(C)(C)c2ccccc2)s1. The average Bonchev–Trinajstić information content (AvgIpc) is 2.80. The minimum absolute atomic E-state index is 0.0811. The van der Waals surface area contributed by atoms with Crippen molar-refractivity contribution in [2.24, 2.45) is 0 Å². The molecule has 1 aromatic heterocycles.